The molecule has 0 aliphatic rings. The van der Waals surface area contributed by atoms with Crippen molar-refractivity contribution in [1.29, 1.82) is 0 Å². The number of carbonyl (C=O) groups is 1. The molecule has 0 aliphatic carbocycles. The Morgan fingerprint density at radius 2 is 1.76 bits per heavy atom. The Bertz CT molecular complexity index is 774. The van der Waals surface area contributed by atoms with E-state index in [-0.39, 0.29) is 12.3 Å². The Morgan fingerprint density at radius 1 is 1.10 bits per heavy atom. The summed E-state index contributed by atoms with van der Waals surface area (Å²) in [5.41, 5.74) is 3.23. The molecule has 0 bridgehead atoms. The number of hydrogen-bond acceptors (Lipinski definition) is 1. The number of carboxylic acid groups (broad SMARTS) is 1. The van der Waals surface area contributed by atoms with Gasteiger partial charge in [-0.15, -0.1) is 0 Å². The Kier molecular flexibility index (Phi) is 3.48. The van der Waals surface area contributed by atoms with Crippen LogP contribution in [0.2, 0.25) is 0 Å². The second kappa shape index (κ2) is 5.44. The van der Waals surface area contributed by atoms with Crippen molar-refractivity contribution >= 4 is 16.9 Å². The average molecular weight is 279 g/mol. The summed E-state index contributed by atoms with van der Waals surface area (Å²) in [6.07, 6.45) is 2.14. The monoisotopic (exact) mass is 279 g/mol. The molecule has 1 atom stereocenters. The van der Waals surface area contributed by atoms with Gasteiger partial charge in [-0.3, -0.25) is 4.79 Å². The molecular formula is C18H17NO2. The van der Waals surface area contributed by atoms with Gasteiger partial charge in [0.05, 0.1) is 6.42 Å². The zero-order valence-corrected chi connectivity index (χ0v) is 11.9. The van der Waals surface area contributed by atoms with Gasteiger partial charge >= 0.3 is 5.97 Å². The second-order valence-electron chi connectivity index (χ2n) is 5.27. The fraction of sp³-hybridized carbons (Fsp3) is 0.167. The van der Waals surface area contributed by atoms with Crippen LogP contribution in [0.3, 0.4) is 0 Å². The number of nitrogens with zero attached hydrogens (tertiary/aromatic N) is 1. The average Bonchev–Trinajstić information content (AvgIpc) is 2.83. The number of benzene rings is 2. The van der Waals surface area contributed by atoms with Crippen LogP contribution in [-0.2, 0) is 11.8 Å². The van der Waals surface area contributed by atoms with Crippen molar-refractivity contribution in [3.8, 4) is 0 Å². The number of aryl methyl sites for hydroxylation is 1. The van der Waals surface area contributed by atoms with Crippen LogP contribution >= 0.6 is 0 Å². The van der Waals surface area contributed by atoms with E-state index < -0.39 is 5.97 Å². The maximum atomic E-state index is 11.3. The summed E-state index contributed by atoms with van der Waals surface area (Å²) >= 11 is 0. The standard InChI is InChI=1S/C18H17NO2/c1-19-12-16(14-9-5-6-10-17(14)19)15(11-18(20)21)13-7-3-2-4-8-13/h2-10,12,15H,11H2,1H3,(H,20,21)/t15-/m0/s1. The fourth-order valence-corrected chi connectivity index (χ4v) is 2.92. The molecule has 3 aromatic rings. The summed E-state index contributed by atoms with van der Waals surface area (Å²) in [7, 11) is 1.99. The molecule has 3 nitrogen and oxygen atoms in total. The molecule has 0 spiro atoms. The van der Waals surface area contributed by atoms with Crippen molar-refractivity contribution in [3.05, 3.63) is 71.9 Å². The van der Waals surface area contributed by atoms with Crippen LogP contribution < -0.4 is 0 Å². The number of rotatable bonds is 4. The number of carboxylic acids is 1. The highest BCUT2D eigenvalue weighted by Gasteiger charge is 2.21. The van der Waals surface area contributed by atoms with E-state index in [9.17, 15) is 9.90 Å². The normalized spacial score (nSPS) is 12.4. The van der Waals surface area contributed by atoms with Crippen LogP contribution in [0.25, 0.3) is 10.9 Å². The summed E-state index contributed by atoms with van der Waals surface area (Å²) < 4.78 is 2.06. The first-order valence-electron chi connectivity index (χ1n) is 6.97. The molecule has 21 heavy (non-hydrogen) atoms. The van der Waals surface area contributed by atoms with E-state index in [1.165, 1.54) is 0 Å². The maximum Gasteiger partial charge on any atom is 0.304 e. The number of para-hydroxylation sites is 1. The number of fused-ring (bicyclic) bond motifs is 1. The largest absolute Gasteiger partial charge is 0.481 e. The van der Waals surface area contributed by atoms with Gasteiger partial charge < -0.3 is 9.67 Å². The molecule has 3 rings (SSSR count). The summed E-state index contributed by atoms with van der Waals surface area (Å²) in [6, 6.07) is 18.0. The summed E-state index contributed by atoms with van der Waals surface area (Å²) in [6.45, 7) is 0. The third-order valence-corrected chi connectivity index (χ3v) is 3.88. The lowest BCUT2D eigenvalue weighted by molar-refractivity contribution is -0.137. The van der Waals surface area contributed by atoms with Crippen LogP contribution in [0.15, 0.2) is 60.8 Å². The highest BCUT2D eigenvalue weighted by molar-refractivity contribution is 5.85. The van der Waals surface area contributed by atoms with Crippen LogP contribution in [-0.4, -0.2) is 15.6 Å². The molecule has 0 aliphatic heterocycles. The van der Waals surface area contributed by atoms with E-state index in [1.807, 2.05) is 55.7 Å². The Balaban J connectivity index is 2.17. The van der Waals surface area contributed by atoms with Gasteiger partial charge in [-0.05, 0) is 17.2 Å². The Labute approximate surface area is 123 Å². The van der Waals surface area contributed by atoms with Crippen molar-refractivity contribution in [1.82, 2.24) is 4.57 Å². The first-order chi connectivity index (χ1) is 10.2. The van der Waals surface area contributed by atoms with Gasteiger partial charge in [-0.25, -0.2) is 0 Å². The molecule has 1 N–H and O–H groups in total. The maximum absolute atomic E-state index is 11.3. The molecule has 0 radical (unpaired) electrons. The molecule has 0 saturated heterocycles. The van der Waals surface area contributed by atoms with E-state index >= 15 is 0 Å². The van der Waals surface area contributed by atoms with E-state index in [0.29, 0.717) is 0 Å². The zero-order valence-electron chi connectivity index (χ0n) is 11.9. The third kappa shape index (κ3) is 2.55. The van der Waals surface area contributed by atoms with Gasteiger partial charge in [0.25, 0.3) is 0 Å². The minimum absolute atomic E-state index is 0.0953. The molecule has 3 heteroatoms. The minimum Gasteiger partial charge on any atom is -0.481 e. The topological polar surface area (TPSA) is 42.2 Å². The van der Waals surface area contributed by atoms with E-state index in [1.54, 1.807) is 0 Å². The highest BCUT2D eigenvalue weighted by atomic mass is 16.4. The Morgan fingerprint density at radius 3 is 2.48 bits per heavy atom. The van der Waals surface area contributed by atoms with Crippen LogP contribution in [0.1, 0.15) is 23.5 Å². The van der Waals surface area contributed by atoms with Gasteiger partial charge in [-0.2, -0.15) is 0 Å². The van der Waals surface area contributed by atoms with Crippen LogP contribution in [0, 0.1) is 0 Å². The van der Waals surface area contributed by atoms with E-state index in [0.717, 1.165) is 22.0 Å². The quantitative estimate of drug-likeness (QED) is 0.789. The molecule has 0 amide bonds. The van der Waals surface area contributed by atoms with E-state index in [2.05, 4.69) is 16.7 Å². The van der Waals surface area contributed by atoms with Crippen molar-refractivity contribution in [2.24, 2.45) is 7.05 Å². The lowest BCUT2D eigenvalue weighted by Crippen LogP contribution is -2.07. The fourth-order valence-electron chi connectivity index (χ4n) is 2.92. The predicted octanol–water partition coefficient (Wildman–Crippen LogP) is 3.78. The van der Waals surface area contributed by atoms with Crippen molar-refractivity contribution in [3.63, 3.8) is 0 Å². The molecule has 0 unspecified atom stereocenters. The zero-order chi connectivity index (χ0) is 14.8. The SMILES string of the molecule is Cn1cc([C@@H](CC(=O)O)c2ccccc2)c2ccccc21. The van der Waals surface area contributed by atoms with Gasteiger partial charge in [0.2, 0.25) is 0 Å². The van der Waals surface area contributed by atoms with Gasteiger partial charge in [0.1, 0.15) is 0 Å². The molecule has 1 heterocycles. The molecule has 0 saturated carbocycles. The first kappa shape index (κ1) is 13.4. The lowest BCUT2D eigenvalue weighted by atomic mass is 9.88. The Hall–Kier alpha value is -2.55. The second-order valence-corrected chi connectivity index (χ2v) is 5.27. The number of aliphatic carboxylic acids is 1. The molecular weight excluding hydrogens is 262 g/mol. The number of aromatic nitrogens is 1. The van der Waals surface area contributed by atoms with Gasteiger partial charge in [0.15, 0.2) is 0 Å². The summed E-state index contributed by atoms with van der Waals surface area (Å²) in [5.74, 6) is -0.911. The molecule has 0 fully saturated rings. The highest BCUT2D eigenvalue weighted by Crippen LogP contribution is 2.34. The lowest BCUT2D eigenvalue weighted by Gasteiger charge is -2.15. The first-order valence-corrected chi connectivity index (χ1v) is 6.97. The molecule has 1 aromatic heterocycles. The third-order valence-electron chi connectivity index (χ3n) is 3.88. The number of hydrogen-bond donors (Lipinski definition) is 1. The van der Waals surface area contributed by atoms with Gasteiger partial charge in [0, 0.05) is 30.1 Å². The van der Waals surface area contributed by atoms with Crippen molar-refractivity contribution < 1.29 is 9.90 Å². The van der Waals surface area contributed by atoms with Crippen LogP contribution in [0.5, 0.6) is 0 Å². The molecule has 2 aromatic carbocycles. The predicted molar refractivity (Wildman–Crippen MR) is 83.5 cm³/mol. The minimum atomic E-state index is -0.781. The van der Waals surface area contributed by atoms with Gasteiger partial charge in [-0.1, -0.05) is 48.5 Å². The van der Waals surface area contributed by atoms with Crippen molar-refractivity contribution in [2.45, 2.75) is 12.3 Å². The van der Waals surface area contributed by atoms with Crippen LogP contribution in [0.4, 0.5) is 0 Å². The summed E-state index contributed by atoms with van der Waals surface area (Å²) in [4.78, 5) is 11.3. The van der Waals surface area contributed by atoms with E-state index in [4.69, 9.17) is 0 Å². The summed E-state index contributed by atoms with van der Waals surface area (Å²) in [5, 5.41) is 10.4. The smallest absolute Gasteiger partial charge is 0.304 e. The van der Waals surface area contributed by atoms with Crippen molar-refractivity contribution in [2.75, 3.05) is 0 Å². The molecule has 106 valence electrons.